The molecule has 1 aromatic rings. The molecule has 8 heteroatoms. The first-order chi connectivity index (χ1) is 12.6. The number of benzene rings is 1. The first-order valence-electron chi connectivity index (χ1n) is 8.71. The molecule has 1 heterocycles. The molecule has 0 spiro atoms. The van der Waals surface area contributed by atoms with Gasteiger partial charge < -0.3 is 25.0 Å². The van der Waals surface area contributed by atoms with Crippen LogP contribution in [0.4, 0.5) is 16.2 Å². The van der Waals surface area contributed by atoms with Crippen molar-refractivity contribution in [1.82, 2.24) is 5.32 Å². The summed E-state index contributed by atoms with van der Waals surface area (Å²) in [5.41, 5.74) is 1.78. The number of nitrogens with zero attached hydrogens (tertiary/aromatic N) is 1. The molecule has 26 heavy (non-hydrogen) atoms. The van der Waals surface area contributed by atoms with Crippen LogP contribution in [-0.2, 0) is 19.1 Å². The first kappa shape index (κ1) is 19.6. The Hall–Kier alpha value is -2.77. The molecule has 1 aliphatic heterocycles. The second-order valence-corrected chi connectivity index (χ2v) is 6.00. The molecule has 1 aromatic carbocycles. The SMILES string of the molecule is COC(=O)NCC(=O)OCC(=O)Nc1ccc(N2CCCCCC2)cc1. The summed E-state index contributed by atoms with van der Waals surface area (Å²) < 4.78 is 9.10. The third kappa shape index (κ3) is 6.62. The molecule has 1 saturated heterocycles. The molecule has 0 bridgehead atoms. The molecule has 1 aliphatic rings. The summed E-state index contributed by atoms with van der Waals surface area (Å²) in [6.07, 6.45) is 4.22. The van der Waals surface area contributed by atoms with Crippen LogP contribution in [0, 0.1) is 0 Å². The van der Waals surface area contributed by atoms with E-state index in [4.69, 9.17) is 4.74 Å². The third-order valence-corrected chi connectivity index (χ3v) is 4.05. The number of hydrogen-bond acceptors (Lipinski definition) is 6. The zero-order valence-corrected chi connectivity index (χ0v) is 15.0. The van der Waals surface area contributed by atoms with E-state index in [9.17, 15) is 14.4 Å². The molecule has 0 unspecified atom stereocenters. The summed E-state index contributed by atoms with van der Waals surface area (Å²) >= 11 is 0. The van der Waals surface area contributed by atoms with E-state index >= 15 is 0 Å². The van der Waals surface area contributed by atoms with Crippen molar-refractivity contribution in [2.75, 3.05) is 43.6 Å². The maximum atomic E-state index is 11.8. The zero-order chi connectivity index (χ0) is 18.8. The van der Waals surface area contributed by atoms with Crippen molar-refractivity contribution in [1.29, 1.82) is 0 Å². The number of anilines is 2. The fourth-order valence-corrected chi connectivity index (χ4v) is 2.70. The molecule has 8 nitrogen and oxygen atoms in total. The van der Waals surface area contributed by atoms with E-state index in [1.54, 1.807) is 0 Å². The second kappa shape index (κ2) is 10.3. The largest absolute Gasteiger partial charge is 0.454 e. The predicted octanol–water partition coefficient (Wildman–Crippen LogP) is 1.90. The van der Waals surface area contributed by atoms with Crippen LogP contribution in [0.15, 0.2) is 24.3 Å². The Kier molecular flexibility index (Phi) is 7.73. The number of alkyl carbamates (subject to hydrolysis) is 1. The average molecular weight is 363 g/mol. The minimum absolute atomic E-state index is 0.357. The van der Waals surface area contributed by atoms with Crippen LogP contribution in [0.5, 0.6) is 0 Å². The van der Waals surface area contributed by atoms with Crippen LogP contribution in [0.25, 0.3) is 0 Å². The average Bonchev–Trinajstić information content (AvgIpc) is 2.94. The van der Waals surface area contributed by atoms with Gasteiger partial charge in [0, 0.05) is 24.5 Å². The van der Waals surface area contributed by atoms with Crippen molar-refractivity contribution >= 4 is 29.3 Å². The van der Waals surface area contributed by atoms with Crippen molar-refractivity contribution in [3.05, 3.63) is 24.3 Å². The number of nitrogens with one attached hydrogen (secondary N) is 2. The van der Waals surface area contributed by atoms with Crippen LogP contribution in [-0.4, -0.2) is 51.3 Å². The number of esters is 1. The van der Waals surface area contributed by atoms with Crippen LogP contribution in [0.3, 0.4) is 0 Å². The lowest BCUT2D eigenvalue weighted by molar-refractivity contribution is -0.146. The maximum Gasteiger partial charge on any atom is 0.407 e. The number of carbonyl (C=O) groups is 3. The van der Waals surface area contributed by atoms with Gasteiger partial charge >= 0.3 is 12.1 Å². The number of ether oxygens (including phenoxy) is 2. The van der Waals surface area contributed by atoms with Crippen molar-refractivity contribution < 1.29 is 23.9 Å². The quantitative estimate of drug-likeness (QED) is 0.750. The Labute approximate surface area is 152 Å². The fourth-order valence-electron chi connectivity index (χ4n) is 2.70. The predicted molar refractivity (Wildman–Crippen MR) is 97.1 cm³/mol. The maximum absolute atomic E-state index is 11.8. The van der Waals surface area contributed by atoms with Gasteiger partial charge in [0.15, 0.2) is 6.61 Å². The lowest BCUT2D eigenvalue weighted by Gasteiger charge is -2.22. The summed E-state index contributed by atoms with van der Waals surface area (Å²) in [6.45, 7) is 1.34. The molecule has 2 amide bonds. The molecular weight excluding hydrogens is 338 g/mol. The highest BCUT2D eigenvalue weighted by Gasteiger charge is 2.11. The summed E-state index contributed by atoms with van der Waals surface area (Å²) in [6, 6.07) is 7.62. The van der Waals surface area contributed by atoms with Crippen LogP contribution < -0.4 is 15.5 Å². The van der Waals surface area contributed by atoms with Gasteiger partial charge in [-0.3, -0.25) is 9.59 Å². The highest BCUT2D eigenvalue weighted by atomic mass is 16.5. The first-order valence-corrected chi connectivity index (χ1v) is 8.71. The third-order valence-electron chi connectivity index (χ3n) is 4.05. The lowest BCUT2D eigenvalue weighted by atomic mass is 10.2. The molecule has 0 atom stereocenters. The molecule has 142 valence electrons. The molecule has 2 rings (SSSR count). The Bertz CT molecular complexity index is 610. The smallest absolute Gasteiger partial charge is 0.407 e. The van der Waals surface area contributed by atoms with E-state index in [1.165, 1.54) is 32.8 Å². The van der Waals surface area contributed by atoms with Gasteiger partial charge in [0.25, 0.3) is 5.91 Å². The number of amides is 2. The normalized spacial score (nSPS) is 14.1. The number of hydrogen-bond donors (Lipinski definition) is 2. The van der Waals surface area contributed by atoms with Crippen LogP contribution in [0.1, 0.15) is 25.7 Å². The van der Waals surface area contributed by atoms with Gasteiger partial charge in [-0.25, -0.2) is 4.79 Å². The molecule has 2 N–H and O–H groups in total. The lowest BCUT2D eigenvalue weighted by Crippen LogP contribution is -2.32. The van der Waals surface area contributed by atoms with E-state index in [1.807, 2.05) is 24.3 Å². The van der Waals surface area contributed by atoms with Gasteiger partial charge in [-0.2, -0.15) is 0 Å². The van der Waals surface area contributed by atoms with Crippen LogP contribution >= 0.6 is 0 Å². The van der Waals surface area contributed by atoms with Gasteiger partial charge in [-0.1, -0.05) is 12.8 Å². The van der Waals surface area contributed by atoms with Crippen molar-refractivity contribution in [3.8, 4) is 0 Å². The monoisotopic (exact) mass is 363 g/mol. The summed E-state index contributed by atoms with van der Waals surface area (Å²) in [5.74, 6) is -1.17. The minimum Gasteiger partial charge on any atom is -0.454 e. The minimum atomic E-state index is -0.740. The zero-order valence-electron chi connectivity index (χ0n) is 15.0. The topological polar surface area (TPSA) is 97.0 Å². The molecular formula is C18H25N3O5. The Morgan fingerprint density at radius 1 is 1.04 bits per heavy atom. The molecule has 0 saturated carbocycles. The Morgan fingerprint density at radius 3 is 2.31 bits per heavy atom. The highest BCUT2D eigenvalue weighted by Crippen LogP contribution is 2.21. The number of rotatable bonds is 6. The van der Waals surface area contributed by atoms with Gasteiger partial charge in [-0.15, -0.1) is 0 Å². The Morgan fingerprint density at radius 2 is 1.69 bits per heavy atom. The van der Waals surface area contributed by atoms with Crippen molar-refractivity contribution in [2.24, 2.45) is 0 Å². The Balaban J connectivity index is 1.74. The van der Waals surface area contributed by atoms with Crippen LogP contribution in [0.2, 0.25) is 0 Å². The van der Waals surface area contributed by atoms with E-state index < -0.39 is 24.6 Å². The highest BCUT2D eigenvalue weighted by molar-refractivity contribution is 5.93. The summed E-state index contributed by atoms with van der Waals surface area (Å²) in [4.78, 5) is 36.4. The number of methoxy groups -OCH3 is 1. The van der Waals surface area contributed by atoms with E-state index in [2.05, 4.69) is 20.3 Å². The fraction of sp³-hybridized carbons (Fsp3) is 0.500. The van der Waals surface area contributed by atoms with Gasteiger partial charge in [0.1, 0.15) is 6.54 Å². The van der Waals surface area contributed by atoms with E-state index in [0.29, 0.717) is 5.69 Å². The standard InChI is InChI=1S/C18H25N3O5/c1-25-18(24)19-12-17(23)26-13-16(22)20-14-6-8-15(9-7-14)21-10-4-2-3-5-11-21/h6-9H,2-5,10-13H2,1H3,(H,19,24)(H,20,22). The van der Waals surface area contributed by atoms with E-state index in [-0.39, 0.29) is 6.54 Å². The van der Waals surface area contributed by atoms with Gasteiger partial charge in [0.05, 0.1) is 7.11 Å². The number of carbonyl (C=O) groups excluding carboxylic acids is 3. The van der Waals surface area contributed by atoms with Gasteiger partial charge in [-0.05, 0) is 37.1 Å². The van der Waals surface area contributed by atoms with Crippen molar-refractivity contribution in [2.45, 2.75) is 25.7 Å². The van der Waals surface area contributed by atoms with Gasteiger partial charge in [0.2, 0.25) is 0 Å². The molecule has 1 fully saturated rings. The van der Waals surface area contributed by atoms with E-state index in [0.717, 1.165) is 18.8 Å². The molecule has 0 aliphatic carbocycles. The molecule has 0 aromatic heterocycles. The molecule has 0 radical (unpaired) electrons. The second-order valence-electron chi connectivity index (χ2n) is 6.00. The van der Waals surface area contributed by atoms with Crippen molar-refractivity contribution in [3.63, 3.8) is 0 Å². The summed E-state index contributed by atoms with van der Waals surface area (Å²) in [7, 11) is 1.19. The summed E-state index contributed by atoms with van der Waals surface area (Å²) in [5, 5.41) is 4.84.